The Hall–Kier alpha value is -3.15. The van der Waals surface area contributed by atoms with Crippen LogP contribution in [0.3, 0.4) is 0 Å². The lowest BCUT2D eigenvalue weighted by molar-refractivity contribution is 0.398. The molecule has 0 fully saturated rings. The highest BCUT2D eigenvalue weighted by atomic mass is 79.9. The number of ether oxygens (including phenoxy) is 2. The van der Waals surface area contributed by atoms with Gasteiger partial charge in [0.25, 0.3) is 0 Å². The van der Waals surface area contributed by atoms with Crippen molar-refractivity contribution in [3.63, 3.8) is 0 Å². The van der Waals surface area contributed by atoms with Gasteiger partial charge in [0.05, 0.1) is 23.2 Å². The van der Waals surface area contributed by atoms with E-state index in [0.717, 1.165) is 0 Å². The number of rotatable bonds is 6. The zero-order chi connectivity index (χ0) is 21.8. The van der Waals surface area contributed by atoms with E-state index >= 15 is 4.39 Å². The fourth-order valence-corrected chi connectivity index (χ4v) is 3.33. The molecule has 0 saturated carbocycles. The number of hydrogen-bond donors (Lipinski definition) is 2. The number of aromatic nitrogens is 1. The molecule has 2 aromatic carbocycles. The van der Waals surface area contributed by atoms with Crippen molar-refractivity contribution in [1.29, 1.82) is 10.7 Å². The molecule has 1 aromatic heterocycles. The Balaban J connectivity index is 1.90. The van der Waals surface area contributed by atoms with Gasteiger partial charge in [-0.25, -0.2) is 4.39 Å². The minimum Gasteiger partial charge on any atom is -0.481 e. The standard InChI is InChI=1S/C21H15BrClFN4O2/c1-29-18-5-3-15(21(27)28-18)17(26)8-12-2-4-16(22)20(19(12)24)30-14-7-11(10-25)6-13(23)9-14/h2-7,9,26H,8H2,1H3,(H2,27,28). The molecule has 152 valence electrons. The van der Waals surface area contributed by atoms with Crippen molar-refractivity contribution in [1.82, 2.24) is 4.98 Å². The summed E-state index contributed by atoms with van der Waals surface area (Å²) < 4.78 is 26.2. The Labute approximate surface area is 185 Å². The van der Waals surface area contributed by atoms with Crippen molar-refractivity contribution >= 4 is 39.1 Å². The van der Waals surface area contributed by atoms with Gasteiger partial charge < -0.3 is 20.6 Å². The Kier molecular flexibility index (Phi) is 6.55. The lowest BCUT2D eigenvalue weighted by atomic mass is 10.0. The summed E-state index contributed by atoms with van der Waals surface area (Å²) >= 11 is 9.26. The van der Waals surface area contributed by atoms with Crippen molar-refractivity contribution in [3.05, 3.63) is 74.5 Å². The van der Waals surface area contributed by atoms with E-state index in [4.69, 9.17) is 37.5 Å². The van der Waals surface area contributed by atoms with E-state index < -0.39 is 5.82 Å². The Morgan fingerprint density at radius 3 is 2.73 bits per heavy atom. The first-order chi connectivity index (χ1) is 14.3. The maximum atomic E-state index is 15.2. The number of nitrogens with zero attached hydrogens (tertiary/aromatic N) is 2. The average molecular weight is 490 g/mol. The van der Waals surface area contributed by atoms with Crippen molar-refractivity contribution in [2.75, 3.05) is 12.8 Å². The number of nitrogens with two attached hydrogens (primary N) is 1. The van der Waals surface area contributed by atoms with Crippen LogP contribution in [0.5, 0.6) is 17.4 Å². The summed E-state index contributed by atoms with van der Waals surface area (Å²) in [5.74, 6) is -0.0569. The number of anilines is 1. The molecule has 0 unspecified atom stereocenters. The summed E-state index contributed by atoms with van der Waals surface area (Å²) in [6, 6.07) is 12.7. The van der Waals surface area contributed by atoms with Crippen LogP contribution in [0.25, 0.3) is 0 Å². The summed E-state index contributed by atoms with van der Waals surface area (Å²) in [6.07, 6.45) is -0.0350. The highest BCUT2D eigenvalue weighted by Gasteiger charge is 2.18. The van der Waals surface area contributed by atoms with Crippen LogP contribution in [0.2, 0.25) is 5.02 Å². The summed E-state index contributed by atoms with van der Waals surface area (Å²) in [7, 11) is 1.46. The molecule has 3 aromatic rings. The zero-order valence-electron chi connectivity index (χ0n) is 15.7. The highest BCUT2D eigenvalue weighted by Crippen LogP contribution is 2.36. The van der Waals surface area contributed by atoms with Gasteiger partial charge in [0.2, 0.25) is 5.88 Å². The summed E-state index contributed by atoms with van der Waals surface area (Å²) in [4.78, 5) is 4.04. The van der Waals surface area contributed by atoms with Crippen LogP contribution in [0.1, 0.15) is 16.7 Å². The van der Waals surface area contributed by atoms with Gasteiger partial charge in [-0.15, -0.1) is 0 Å². The molecular weight excluding hydrogens is 475 g/mol. The van der Waals surface area contributed by atoms with Crippen LogP contribution >= 0.6 is 27.5 Å². The molecule has 0 spiro atoms. The van der Waals surface area contributed by atoms with Crippen LogP contribution in [-0.4, -0.2) is 17.8 Å². The number of pyridine rings is 1. The summed E-state index contributed by atoms with van der Waals surface area (Å²) in [6.45, 7) is 0. The first kappa shape index (κ1) is 21.6. The topological polar surface area (TPSA) is 105 Å². The lowest BCUT2D eigenvalue weighted by Gasteiger charge is -2.14. The number of benzene rings is 2. The second-order valence-electron chi connectivity index (χ2n) is 6.18. The second-order valence-corrected chi connectivity index (χ2v) is 7.47. The first-order valence-electron chi connectivity index (χ1n) is 8.56. The smallest absolute Gasteiger partial charge is 0.214 e. The molecule has 0 radical (unpaired) electrons. The average Bonchev–Trinajstić information content (AvgIpc) is 2.72. The Morgan fingerprint density at radius 2 is 2.07 bits per heavy atom. The quantitative estimate of drug-likeness (QED) is 0.445. The van der Waals surface area contributed by atoms with Crippen LogP contribution in [0.4, 0.5) is 10.2 Å². The van der Waals surface area contributed by atoms with E-state index in [0.29, 0.717) is 20.9 Å². The molecule has 0 saturated heterocycles. The maximum Gasteiger partial charge on any atom is 0.214 e. The van der Waals surface area contributed by atoms with E-state index in [1.54, 1.807) is 24.3 Å². The molecule has 30 heavy (non-hydrogen) atoms. The zero-order valence-corrected chi connectivity index (χ0v) is 18.0. The van der Waals surface area contributed by atoms with Gasteiger partial charge in [0.1, 0.15) is 11.6 Å². The van der Waals surface area contributed by atoms with Crippen molar-refractivity contribution < 1.29 is 13.9 Å². The minimum atomic E-state index is -0.646. The molecule has 0 aliphatic rings. The fourth-order valence-electron chi connectivity index (χ4n) is 2.72. The normalized spacial score (nSPS) is 10.4. The number of nitrogens with one attached hydrogen (secondary N) is 1. The molecule has 0 amide bonds. The van der Waals surface area contributed by atoms with Gasteiger partial charge in [-0.3, -0.25) is 0 Å². The lowest BCUT2D eigenvalue weighted by Crippen LogP contribution is -2.10. The SMILES string of the molecule is COc1ccc(C(=N)Cc2ccc(Br)c(Oc3cc(Cl)cc(C#N)c3)c2F)c(N)n1. The van der Waals surface area contributed by atoms with Crippen LogP contribution in [-0.2, 0) is 6.42 Å². The van der Waals surface area contributed by atoms with Gasteiger partial charge in [0.15, 0.2) is 11.6 Å². The molecule has 3 rings (SSSR count). The van der Waals surface area contributed by atoms with Crippen LogP contribution < -0.4 is 15.2 Å². The Bertz CT molecular complexity index is 1180. The molecule has 0 aliphatic carbocycles. The molecule has 6 nitrogen and oxygen atoms in total. The molecule has 0 aliphatic heterocycles. The first-order valence-corrected chi connectivity index (χ1v) is 9.73. The van der Waals surface area contributed by atoms with E-state index in [1.165, 1.54) is 25.3 Å². The number of nitriles is 1. The van der Waals surface area contributed by atoms with Gasteiger partial charge in [-0.2, -0.15) is 10.2 Å². The number of nitrogen functional groups attached to an aromatic ring is 1. The van der Waals surface area contributed by atoms with Gasteiger partial charge in [0, 0.05) is 28.8 Å². The number of halogens is 3. The molecule has 0 atom stereocenters. The molecular formula is C21H15BrClFN4O2. The predicted octanol–water partition coefficient (Wildman–Crippen LogP) is 5.50. The monoisotopic (exact) mass is 488 g/mol. The van der Waals surface area contributed by atoms with Gasteiger partial charge in [-0.1, -0.05) is 17.7 Å². The fraction of sp³-hybridized carbons (Fsp3) is 0.0952. The van der Waals surface area contributed by atoms with E-state index in [9.17, 15) is 0 Å². The largest absolute Gasteiger partial charge is 0.481 e. The van der Waals surface area contributed by atoms with Gasteiger partial charge >= 0.3 is 0 Å². The van der Waals surface area contributed by atoms with Crippen LogP contribution in [0, 0.1) is 22.6 Å². The summed E-state index contributed by atoms with van der Waals surface area (Å²) in [5, 5.41) is 17.7. The number of methoxy groups -OCH3 is 1. The van der Waals surface area contributed by atoms with Crippen LogP contribution in [0.15, 0.2) is 46.9 Å². The molecule has 0 bridgehead atoms. The minimum absolute atomic E-state index is 0.0350. The molecule has 3 N–H and O–H groups in total. The van der Waals surface area contributed by atoms with E-state index in [-0.39, 0.29) is 40.6 Å². The number of hydrogen-bond acceptors (Lipinski definition) is 6. The van der Waals surface area contributed by atoms with Crippen molar-refractivity contribution in [2.45, 2.75) is 6.42 Å². The predicted molar refractivity (Wildman–Crippen MR) is 116 cm³/mol. The maximum absolute atomic E-state index is 15.2. The third kappa shape index (κ3) is 4.70. The highest BCUT2D eigenvalue weighted by molar-refractivity contribution is 9.10. The summed E-state index contributed by atoms with van der Waals surface area (Å²) in [5.41, 5.74) is 6.88. The molecule has 9 heteroatoms. The van der Waals surface area contributed by atoms with E-state index in [2.05, 4.69) is 20.9 Å². The third-order valence-electron chi connectivity index (χ3n) is 4.15. The third-order valence-corrected chi connectivity index (χ3v) is 4.99. The second kappa shape index (κ2) is 9.11. The van der Waals surface area contributed by atoms with Crippen molar-refractivity contribution in [2.24, 2.45) is 0 Å². The van der Waals surface area contributed by atoms with Crippen molar-refractivity contribution in [3.8, 4) is 23.4 Å². The van der Waals surface area contributed by atoms with E-state index in [1.807, 2.05) is 6.07 Å². The molecule has 1 heterocycles. The Morgan fingerprint density at radius 1 is 1.30 bits per heavy atom. The van der Waals surface area contributed by atoms with Gasteiger partial charge in [-0.05, 0) is 51.8 Å².